The Morgan fingerprint density at radius 2 is 1.42 bits per heavy atom. The zero-order valence-electron chi connectivity index (χ0n) is 13.5. The number of rotatable bonds is 3. The molecule has 0 radical (unpaired) electrons. The minimum atomic E-state index is 0.492. The second kappa shape index (κ2) is 7.16. The minimum absolute atomic E-state index is 0.492. The van der Waals surface area contributed by atoms with Crippen molar-refractivity contribution in [3.05, 3.63) is 87.9 Å². The Balaban J connectivity index is 1.91. The van der Waals surface area contributed by atoms with Crippen molar-refractivity contribution in [2.75, 3.05) is 0 Å². The Hall–Kier alpha value is -2.26. The highest BCUT2D eigenvalue weighted by Crippen LogP contribution is 2.35. The van der Waals surface area contributed by atoms with E-state index in [1.54, 1.807) is 12.1 Å². The Bertz CT molecular complexity index is 1070. The van der Waals surface area contributed by atoms with E-state index in [9.17, 15) is 0 Å². The van der Waals surface area contributed by atoms with Crippen LogP contribution in [-0.2, 0) is 0 Å². The van der Waals surface area contributed by atoms with Crippen LogP contribution in [0.2, 0.25) is 15.1 Å². The highest BCUT2D eigenvalue weighted by atomic mass is 35.5. The van der Waals surface area contributed by atoms with Gasteiger partial charge >= 0.3 is 0 Å². The smallest absolute Gasteiger partial charge is 0.138 e. The number of benzene rings is 3. The van der Waals surface area contributed by atoms with E-state index < -0.39 is 0 Å². The van der Waals surface area contributed by atoms with Gasteiger partial charge in [-0.25, -0.2) is 4.98 Å². The van der Waals surface area contributed by atoms with E-state index in [2.05, 4.69) is 4.98 Å². The summed E-state index contributed by atoms with van der Waals surface area (Å²) in [5.74, 6) is 0.720. The molecular formula is C21H13Cl3N2. The number of aromatic amines is 1. The fraction of sp³-hybridized carbons (Fsp3) is 0. The molecule has 0 spiro atoms. The van der Waals surface area contributed by atoms with E-state index in [4.69, 9.17) is 39.8 Å². The molecule has 0 aliphatic rings. The van der Waals surface area contributed by atoms with E-state index in [1.165, 1.54) is 0 Å². The average molecular weight is 400 g/mol. The zero-order valence-corrected chi connectivity index (χ0v) is 15.8. The predicted molar refractivity (Wildman–Crippen MR) is 110 cm³/mol. The van der Waals surface area contributed by atoms with Crippen LogP contribution in [0.1, 0.15) is 0 Å². The van der Waals surface area contributed by atoms with E-state index in [0.717, 1.165) is 33.9 Å². The van der Waals surface area contributed by atoms with Crippen molar-refractivity contribution >= 4 is 34.8 Å². The molecule has 0 aliphatic heterocycles. The number of nitrogens with zero attached hydrogens (tertiary/aromatic N) is 1. The normalized spacial score (nSPS) is 10.9. The van der Waals surface area contributed by atoms with Crippen LogP contribution in [0.25, 0.3) is 33.9 Å². The molecule has 0 fully saturated rings. The third-order valence-corrected chi connectivity index (χ3v) is 5.03. The topological polar surface area (TPSA) is 28.7 Å². The standard InChI is InChI=1S/C21H13Cl3N2/c22-16-8-4-7-14(11-16)20-19(13-5-2-1-3-6-13)25-21(26-20)15-9-10-17(23)18(24)12-15/h1-12H,(H,25,26). The first-order chi connectivity index (χ1) is 12.6. The maximum absolute atomic E-state index is 6.19. The first-order valence-electron chi connectivity index (χ1n) is 7.98. The molecule has 5 heteroatoms. The van der Waals surface area contributed by atoms with Crippen LogP contribution >= 0.6 is 34.8 Å². The summed E-state index contributed by atoms with van der Waals surface area (Å²) >= 11 is 18.4. The molecule has 0 saturated carbocycles. The number of imidazole rings is 1. The van der Waals surface area contributed by atoms with Crippen molar-refractivity contribution in [2.45, 2.75) is 0 Å². The van der Waals surface area contributed by atoms with Crippen LogP contribution in [0.3, 0.4) is 0 Å². The molecule has 0 saturated heterocycles. The quantitative estimate of drug-likeness (QED) is 0.383. The minimum Gasteiger partial charge on any atom is -0.337 e. The lowest BCUT2D eigenvalue weighted by Gasteiger charge is -2.03. The summed E-state index contributed by atoms with van der Waals surface area (Å²) in [4.78, 5) is 8.25. The molecule has 128 valence electrons. The van der Waals surface area contributed by atoms with Crippen LogP contribution in [0.5, 0.6) is 0 Å². The van der Waals surface area contributed by atoms with Gasteiger partial charge in [-0.2, -0.15) is 0 Å². The summed E-state index contributed by atoms with van der Waals surface area (Å²) in [6, 6.07) is 23.2. The molecule has 0 atom stereocenters. The molecule has 3 aromatic carbocycles. The fourth-order valence-corrected chi connectivity index (χ4v) is 3.30. The van der Waals surface area contributed by atoms with Gasteiger partial charge in [0.15, 0.2) is 0 Å². The maximum Gasteiger partial charge on any atom is 0.138 e. The Kier molecular flexibility index (Phi) is 4.73. The summed E-state index contributed by atoms with van der Waals surface area (Å²) in [5, 5.41) is 1.67. The number of nitrogens with one attached hydrogen (secondary N) is 1. The van der Waals surface area contributed by atoms with Gasteiger partial charge in [0, 0.05) is 21.7 Å². The Labute approximate surface area is 166 Å². The van der Waals surface area contributed by atoms with Crippen molar-refractivity contribution in [1.29, 1.82) is 0 Å². The molecular weight excluding hydrogens is 387 g/mol. The van der Waals surface area contributed by atoms with Gasteiger partial charge in [-0.15, -0.1) is 0 Å². The van der Waals surface area contributed by atoms with Crippen LogP contribution in [-0.4, -0.2) is 9.97 Å². The number of hydrogen-bond donors (Lipinski definition) is 1. The number of halogens is 3. The molecule has 2 nitrogen and oxygen atoms in total. The van der Waals surface area contributed by atoms with Gasteiger partial charge in [0.05, 0.1) is 21.4 Å². The van der Waals surface area contributed by atoms with E-state index in [1.807, 2.05) is 60.7 Å². The molecule has 4 rings (SSSR count). The number of hydrogen-bond acceptors (Lipinski definition) is 1. The summed E-state index contributed by atoms with van der Waals surface area (Å²) in [6.45, 7) is 0. The molecule has 0 aliphatic carbocycles. The van der Waals surface area contributed by atoms with Crippen LogP contribution in [0.4, 0.5) is 0 Å². The molecule has 1 heterocycles. The predicted octanol–water partition coefficient (Wildman–Crippen LogP) is 7.37. The summed E-state index contributed by atoms with van der Waals surface area (Å²) in [6.07, 6.45) is 0. The van der Waals surface area contributed by atoms with E-state index in [-0.39, 0.29) is 0 Å². The second-order valence-electron chi connectivity index (χ2n) is 5.81. The van der Waals surface area contributed by atoms with E-state index in [0.29, 0.717) is 15.1 Å². The highest BCUT2D eigenvalue weighted by molar-refractivity contribution is 6.42. The van der Waals surface area contributed by atoms with Crippen molar-refractivity contribution in [2.24, 2.45) is 0 Å². The molecule has 26 heavy (non-hydrogen) atoms. The third-order valence-electron chi connectivity index (χ3n) is 4.06. The molecule has 0 bridgehead atoms. The largest absolute Gasteiger partial charge is 0.337 e. The van der Waals surface area contributed by atoms with E-state index >= 15 is 0 Å². The average Bonchev–Trinajstić information content (AvgIpc) is 3.10. The maximum atomic E-state index is 6.19. The number of H-pyrrole nitrogens is 1. The van der Waals surface area contributed by atoms with Gasteiger partial charge in [-0.1, -0.05) is 77.3 Å². The summed E-state index contributed by atoms with van der Waals surface area (Å²) in [7, 11) is 0. The van der Waals surface area contributed by atoms with Crippen molar-refractivity contribution in [3.63, 3.8) is 0 Å². The lowest BCUT2D eigenvalue weighted by atomic mass is 10.1. The van der Waals surface area contributed by atoms with Gasteiger partial charge in [-0.05, 0) is 30.3 Å². The third kappa shape index (κ3) is 3.36. The first kappa shape index (κ1) is 17.2. The first-order valence-corrected chi connectivity index (χ1v) is 9.12. The number of aromatic nitrogens is 2. The van der Waals surface area contributed by atoms with Gasteiger partial charge in [0.2, 0.25) is 0 Å². The monoisotopic (exact) mass is 398 g/mol. The summed E-state index contributed by atoms with van der Waals surface area (Å²) < 4.78 is 0. The second-order valence-corrected chi connectivity index (χ2v) is 7.07. The zero-order chi connectivity index (χ0) is 18.1. The van der Waals surface area contributed by atoms with Gasteiger partial charge in [0.1, 0.15) is 5.82 Å². The van der Waals surface area contributed by atoms with Gasteiger partial charge < -0.3 is 4.98 Å². The summed E-state index contributed by atoms with van der Waals surface area (Å²) in [5.41, 5.74) is 4.61. The Morgan fingerprint density at radius 3 is 2.15 bits per heavy atom. The lowest BCUT2D eigenvalue weighted by molar-refractivity contribution is 1.31. The van der Waals surface area contributed by atoms with Crippen LogP contribution in [0, 0.1) is 0 Å². The Morgan fingerprint density at radius 1 is 0.654 bits per heavy atom. The van der Waals surface area contributed by atoms with Gasteiger partial charge in [0.25, 0.3) is 0 Å². The molecule has 4 aromatic rings. The van der Waals surface area contributed by atoms with Crippen molar-refractivity contribution < 1.29 is 0 Å². The SMILES string of the molecule is Clc1cccc(-c2nc(-c3ccc(Cl)c(Cl)c3)[nH]c2-c2ccccc2)c1. The molecule has 0 unspecified atom stereocenters. The lowest BCUT2D eigenvalue weighted by Crippen LogP contribution is -1.83. The fourth-order valence-electron chi connectivity index (χ4n) is 2.81. The molecule has 1 aromatic heterocycles. The highest BCUT2D eigenvalue weighted by Gasteiger charge is 2.16. The van der Waals surface area contributed by atoms with Crippen molar-refractivity contribution in [3.8, 4) is 33.9 Å². The molecule has 1 N–H and O–H groups in total. The van der Waals surface area contributed by atoms with Crippen molar-refractivity contribution in [1.82, 2.24) is 9.97 Å². The van der Waals surface area contributed by atoms with Gasteiger partial charge in [-0.3, -0.25) is 0 Å². The molecule has 0 amide bonds. The van der Waals surface area contributed by atoms with Crippen LogP contribution in [0.15, 0.2) is 72.8 Å². The van der Waals surface area contributed by atoms with Crippen LogP contribution < -0.4 is 0 Å².